The van der Waals surface area contributed by atoms with Gasteiger partial charge in [-0.1, -0.05) is 30.3 Å². The molecule has 2 aromatic carbocycles. The van der Waals surface area contributed by atoms with Crippen molar-refractivity contribution >= 4 is 17.3 Å². The van der Waals surface area contributed by atoms with Gasteiger partial charge < -0.3 is 19.4 Å². The summed E-state index contributed by atoms with van der Waals surface area (Å²) in [6.07, 6.45) is 0. The van der Waals surface area contributed by atoms with Gasteiger partial charge in [-0.25, -0.2) is 0 Å². The van der Waals surface area contributed by atoms with E-state index in [-0.39, 0.29) is 17.6 Å². The molecule has 1 atom stereocenters. The summed E-state index contributed by atoms with van der Waals surface area (Å²) in [6.45, 7) is 4.51. The third kappa shape index (κ3) is 4.15. The summed E-state index contributed by atoms with van der Waals surface area (Å²) in [4.78, 5) is 30.9. The number of carbonyl (C=O) groups is 1. The molecule has 0 spiro atoms. The normalized spacial score (nSPS) is 20.2. The van der Waals surface area contributed by atoms with E-state index in [1.54, 1.807) is 6.07 Å². The van der Waals surface area contributed by atoms with Crippen molar-refractivity contribution in [2.75, 3.05) is 57.9 Å². The van der Waals surface area contributed by atoms with Crippen molar-refractivity contribution in [2.24, 2.45) is 0 Å². The molecule has 1 amide bonds. The Bertz CT molecular complexity index is 915. The van der Waals surface area contributed by atoms with E-state index in [2.05, 4.69) is 9.80 Å². The maximum atomic E-state index is 13.8. The first-order chi connectivity index (χ1) is 14.5. The molecule has 1 unspecified atom stereocenters. The highest BCUT2D eigenvalue weighted by molar-refractivity contribution is 6.01. The van der Waals surface area contributed by atoms with Crippen LogP contribution in [0.1, 0.15) is 22.0 Å². The molecule has 2 heterocycles. The Balaban J connectivity index is 1.72. The molecule has 2 aromatic rings. The number of hydrogen-bond acceptors (Lipinski definition) is 6. The molecule has 0 aromatic heterocycles. The van der Waals surface area contributed by atoms with Crippen LogP contribution in [0.3, 0.4) is 0 Å². The lowest BCUT2D eigenvalue weighted by molar-refractivity contribution is -0.384. The fourth-order valence-corrected chi connectivity index (χ4v) is 4.17. The number of piperazine rings is 1. The van der Waals surface area contributed by atoms with Crippen LogP contribution in [0.15, 0.2) is 48.5 Å². The van der Waals surface area contributed by atoms with Crippen LogP contribution in [-0.2, 0) is 4.74 Å². The lowest BCUT2D eigenvalue weighted by Crippen LogP contribution is -2.49. The molecule has 0 saturated carbocycles. The summed E-state index contributed by atoms with van der Waals surface area (Å²) < 4.78 is 5.44. The number of likely N-dealkylation sites (N-methyl/N-ethyl adjacent to an activating group) is 1. The summed E-state index contributed by atoms with van der Waals surface area (Å²) in [5.74, 6) is -0.165. The standard InChI is InChI=1S/C22H26N4O4/c1-23-9-10-25(21(16-23)17-5-3-2-4-6-17)22(27)19-15-18(26(28)29)7-8-20(19)24-11-13-30-14-12-24/h2-8,15,21H,9-14,16H2,1H3. The fourth-order valence-electron chi connectivity index (χ4n) is 4.17. The van der Waals surface area contributed by atoms with E-state index in [1.165, 1.54) is 12.1 Å². The molecule has 0 N–H and O–H groups in total. The van der Waals surface area contributed by atoms with Crippen LogP contribution >= 0.6 is 0 Å². The molecule has 2 aliphatic rings. The minimum atomic E-state index is -0.446. The number of morpholine rings is 1. The number of rotatable bonds is 4. The van der Waals surface area contributed by atoms with Gasteiger partial charge >= 0.3 is 0 Å². The highest BCUT2D eigenvalue weighted by atomic mass is 16.6. The monoisotopic (exact) mass is 410 g/mol. The topological polar surface area (TPSA) is 79.2 Å². The summed E-state index contributed by atoms with van der Waals surface area (Å²) >= 11 is 0. The number of nitro groups is 1. The van der Waals surface area contributed by atoms with Crippen LogP contribution in [-0.4, -0.2) is 73.6 Å². The zero-order valence-electron chi connectivity index (χ0n) is 17.1. The number of benzene rings is 2. The molecule has 158 valence electrons. The number of carbonyl (C=O) groups excluding carboxylic acids is 1. The van der Waals surface area contributed by atoms with Crippen molar-refractivity contribution in [3.63, 3.8) is 0 Å². The molecular weight excluding hydrogens is 384 g/mol. The number of ether oxygens (including phenoxy) is 1. The largest absolute Gasteiger partial charge is 0.378 e. The number of non-ortho nitro benzene ring substituents is 1. The molecule has 8 nitrogen and oxygen atoms in total. The van der Waals surface area contributed by atoms with E-state index in [9.17, 15) is 14.9 Å². The van der Waals surface area contributed by atoms with Gasteiger partial charge in [0.25, 0.3) is 11.6 Å². The van der Waals surface area contributed by atoms with Gasteiger partial charge in [-0.2, -0.15) is 0 Å². The Labute approximate surface area is 175 Å². The van der Waals surface area contributed by atoms with Gasteiger partial charge in [-0.15, -0.1) is 0 Å². The second kappa shape index (κ2) is 8.81. The average molecular weight is 410 g/mol. The van der Waals surface area contributed by atoms with Crippen molar-refractivity contribution in [3.8, 4) is 0 Å². The maximum Gasteiger partial charge on any atom is 0.270 e. The summed E-state index contributed by atoms with van der Waals surface area (Å²) in [5.41, 5.74) is 2.12. The Kier molecular flexibility index (Phi) is 5.96. The van der Waals surface area contributed by atoms with Crippen molar-refractivity contribution in [3.05, 3.63) is 69.8 Å². The number of hydrogen-bond donors (Lipinski definition) is 0. The Morgan fingerprint density at radius 3 is 2.50 bits per heavy atom. The smallest absolute Gasteiger partial charge is 0.270 e. The van der Waals surface area contributed by atoms with Crippen LogP contribution in [0, 0.1) is 10.1 Å². The van der Waals surface area contributed by atoms with Gasteiger partial charge in [0, 0.05) is 44.9 Å². The molecule has 30 heavy (non-hydrogen) atoms. The third-order valence-corrected chi connectivity index (χ3v) is 5.80. The third-order valence-electron chi connectivity index (χ3n) is 5.80. The van der Waals surface area contributed by atoms with Crippen LogP contribution in [0.5, 0.6) is 0 Å². The maximum absolute atomic E-state index is 13.8. The molecule has 0 aliphatic carbocycles. The van der Waals surface area contributed by atoms with E-state index >= 15 is 0 Å². The highest BCUT2D eigenvalue weighted by Crippen LogP contribution is 2.32. The minimum absolute atomic E-state index is 0.0688. The van der Waals surface area contributed by atoms with Gasteiger partial charge in [-0.3, -0.25) is 14.9 Å². The minimum Gasteiger partial charge on any atom is -0.378 e. The molecule has 2 fully saturated rings. The Hall–Kier alpha value is -2.97. The second-order valence-corrected chi connectivity index (χ2v) is 7.75. The van der Waals surface area contributed by atoms with E-state index < -0.39 is 4.92 Å². The van der Waals surface area contributed by atoms with E-state index in [0.717, 1.165) is 24.3 Å². The molecule has 2 aliphatic heterocycles. The van der Waals surface area contributed by atoms with Gasteiger partial charge in [0.05, 0.1) is 35.4 Å². The first-order valence-electron chi connectivity index (χ1n) is 10.2. The molecular formula is C22H26N4O4. The SMILES string of the molecule is CN1CCN(C(=O)c2cc([N+](=O)[O-])ccc2N2CCOCC2)C(c2ccccc2)C1. The van der Waals surface area contributed by atoms with Crippen LogP contribution in [0.4, 0.5) is 11.4 Å². The predicted molar refractivity (Wildman–Crippen MR) is 114 cm³/mol. The highest BCUT2D eigenvalue weighted by Gasteiger charge is 2.33. The first-order valence-corrected chi connectivity index (χ1v) is 10.2. The van der Waals surface area contributed by atoms with E-state index in [1.807, 2.05) is 42.3 Å². The summed E-state index contributed by atoms with van der Waals surface area (Å²) in [6, 6.07) is 14.4. The van der Waals surface area contributed by atoms with Crippen molar-refractivity contribution in [1.82, 2.24) is 9.80 Å². The molecule has 2 saturated heterocycles. The van der Waals surface area contributed by atoms with Gasteiger partial charge in [0.1, 0.15) is 0 Å². The van der Waals surface area contributed by atoms with E-state index in [4.69, 9.17) is 4.74 Å². The van der Waals surface area contributed by atoms with Crippen molar-refractivity contribution in [2.45, 2.75) is 6.04 Å². The fraction of sp³-hybridized carbons (Fsp3) is 0.409. The molecule has 8 heteroatoms. The van der Waals surface area contributed by atoms with Crippen LogP contribution in [0.2, 0.25) is 0 Å². The predicted octanol–water partition coefficient (Wildman–Crippen LogP) is 2.56. The first kappa shape index (κ1) is 20.3. The van der Waals surface area contributed by atoms with Crippen LogP contribution < -0.4 is 4.90 Å². The quantitative estimate of drug-likeness (QED) is 0.569. The van der Waals surface area contributed by atoms with Gasteiger partial charge in [0.2, 0.25) is 0 Å². The lowest BCUT2D eigenvalue weighted by Gasteiger charge is -2.41. The van der Waals surface area contributed by atoms with Crippen molar-refractivity contribution < 1.29 is 14.5 Å². The Morgan fingerprint density at radius 2 is 1.80 bits per heavy atom. The average Bonchev–Trinajstić information content (AvgIpc) is 2.79. The van der Waals surface area contributed by atoms with E-state index in [0.29, 0.717) is 38.4 Å². The summed E-state index contributed by atoms with van der Waals surface area (Å²) in [5, 5.41) is 11.4. The molecule has 0 bridgehead atoms. The molecule has 4 rings (SSSR count). The second-order valence-electron chi connectivity index (χ2n) is 7.75. The number of anilines is 1. The van der Waals surface area contributed by atoms with Gasteiger partial charge in [-0.05, 0) is 18.7 Å². The zero-order chi connectivity index (χ0) is 21.1. The van der Waals surface area contributed by atoms with Gasteiger partial charge in [0.15, 0.2) is 0 Å². The number of nitrogens with zero attached hydrogens (tertiary/aromatic N) is 4. The summed E-state index contributed by atoms with van der Waals surface area (Å²) in [7, 11) is 2.05. The Morgan fingerprint density at radius 1 is 1.07 bits per heavy atom. The van der Waals surface area contributed by atoms with Crippen molar-refractivity contribution in [1.29, 1.82) is 0 Å². The number of amides is 1. The number of nitro benzene ring substituents is 1. The lowest BCUT2D eigenvalue weighted by atomic mass is 10.00. The molecule has 0 radical (unpaired) electrons. The zero-order valence-corrected chi connectivity index (χ0v) is 17.1. The van der Waals surface area contributed by atoms with Crippen LogP contribution in [0.25, 0.3) is 0 Å².